The van der Waals surface area contributed by atoms with Gasteiger partial charge in [0.25, 0.3) is 0 Å². The van der Waals surface area contributed by atoms with Gasteiger partial charge in [0.1, 0.15) is 5.01 Å². The van der Waals surface area contributed by atoms with Gasteiger partial charge in [0.2, 0.25) is 0 Å². The zero-order valence-corrected chi connectivity index (χ0v) is 13.9. The maximum Gasteiger partial charge on any atom is 0.315 e. The van der Waals surface area contributed by atoms with Crippen molar-refractivity contribution in [3.05, 3.63) is 16.1 Å². The Balaban J connectivity index is 1.49. The van der Waals surface area contributed by atoms with E-state index in [1.807, 2.05) is 13.1 Å². The number of thiazole rings is 1. The second-order valence-corrected chi connectivity index (χ2v) is 7.93. The normalized spacial score (nSPS) is 26.5. The third-order valence-corrected chi connectivity index (χ3v) is 5.59. The van der Waals surface area contributed by atoms with Crippen LogP contribution in [0, 0.1) is 18.8 Å². The summed E-state index contributed by atoms with van der Waals surface area (Å²) in [6.45, 7) is 2.69. The summed E-state index contributed by atoms with van der Waals surface area (Å²) in [6.07, 6.45) is 7.86. The van der Waals surface area contributed by atoms with Crippen molar-refractivity contribution in [3.8, 4) is 0 Å². The topological polar surface area (TPSA) is 74.2 Å². The van der Waals surface area contributed by atoms with Gasteiger partial charge in [-0.3, -0.25) is 0 Å². The number of aryl methyl sites for hydroxylation is 1. The van der Waals surface area contributed by atoms with E-state index in [9.17, 15) is 9.90 Å². The van der Waals surface area contributed by atoms with E-state index in [2.05, 4.69) is 15.6 Å². The van der Waals surface area contributed by atoms with Gasteiger partial charge in [-0.1, -0.05) is 6.42 Å². The van der Waals surface area contributed by atoms with Crippen molar-refractivity contribution in [3.63, 3.8) is 0 Å². The van der Waals surface area contributed by atoms with Crippen LogP contribution >= 0.6 is 11.3 Å². The summed E-state index contributed by atoms with van der Waals surface area (Å²) in [4.78, 5) is 17.8. The predicted octanol–water partition coefficient (Wildman–Crippen LogP) is 2.75. The van der Waals surface area contributed by atoms with Crippen molar-refractivity contribution >= 4 is 17.4 Å². The molecule has 6 heteroatoms. The van der Waals surface area contributed by atoms with Gasteiger partial charge in [-0.25, -0.2) is 9.78 Å². The summed E-state index contributed by atoms with van der Waals surface area (Å²) >= 11 is 1.67. The van der Waals surface area contributed by atoms with Gasteiger partial charge in [-0.2, -0.15) is 0 Å². The van der Waals surface area contributed by atoms with Crippen LogP contribution < -0.4 is 10.6 Å². The Bertz CT molecular complexity index is 515. The molecule has 2 saturated carbocycles. The average Bonchev–Trinajstić information content (AvgIpc) is 3.24. The van der Waals surface area contributed by atoms with Gasteiger partial charge < -0.3 is 15.7 Å². The molecule has 0 radical (unpaired) electrons. The van der Waals surface area contributed by atoms with Crippen LogP contribution in [0.25, 0.3) is 0 Å². The van der Waals surface area contributed by atoms with Crippen molar-refractivity contribution < 1.29 is 9.90 Å². The summed E-state index contributed by atoms with van der Waals surface area (Å²) in [5.74, 6) is 0.934. The van der Waals surface area contributed by atoms with Crippen LogP contribution in [0.5, 0.6) is 0 Å². The molecule has 3 rings (SSSR count). The van der Waals surface area contributed by atoms with E-state index in [0.717, 1.165) is 30.7 Å². The van der Waals surface area contributed by atoms with Crippen LogP contribution in [0.15, 0.2) is 6.20 Å². The number of carbonyl (C=O) groups is 1. The molecule has 2 aliphatic rings. The molecule has 3 N–H and O–H groups in total. The number of amides is 2. The lowest BCUT2D eigenvalue weighted by atomic mass is 9.87. The third-order valence-electron chi connectivity index (χ3n) is 4.59. The number of aliphatic hydroxyl groups excluding tert-OH is 1. The molecule has 0 saturated heterocycles. The van der Waals surface area contributed by atoms with E-state index in [1.165, 1.54) is 17.7 Å². The molecule has 2 fully saturated rings. The maximum absolute atomic E-state index is 12.2. The lowest BCUT2D eigenvalue weighted by molar-refractivity contribution is 0.101. The second-order valence-electron chi connectivity index (χ2n) is 6.67. The molecule has 0 bridgehead atoms. The summed E-state index contributed by atoms with van der Waals surface area (Å²) in [5.41, 5.74) is 0. The first-order valence-electron chi connectivity index (χ1n) is 8.26. The zero-order chi connectivity index (χ0) is 15.5. The van der Waals surface area contributed by atoms with Crippen molar-refractivity contribution in [1.82, 2.24) is 15.6 Å². The fourth-order valence-corrected chi connectivity index (χ4v) is 4.12. The number of rotatable bonds is 5. The Labute approximate surface area is 135 Å². The SMILES string of the molecule is Cc1cnc(C(NC(=O)NCC2CCCC(O)C2)C2CC2)s1. The lowest BCUT2D eigenvalue weighted by Gasteiger charge is -2.26. The molecule has 1 aromatic heterocycles. The van der Waals surface area contributed by atoms with E-state index >= 15 is 0 Å². The monoisotopic (exact) mass is 323 g/mol. The minimum atomic E-state index is -0.193. The predicted molar refractivity (Wildman–Crippen MR) is 86.8 cm³/mol. The number of hydrogen-bond donors (Lipinski definition) is 3. The third kappa shape index (κ3) is 4.20. The number of nitrogens with one attached hydrogen (secondary N) is 2. The summed E-state index contributed by atoms with van der Waals surface area (Å²) in [5, 5.41) is 16.8. The largest absolute Gasteiger partial charge is 0.393 e. The molecule has 2 aliphatic carbocycles. The molecule has 0 aromatic carbocycles. The van der Waals surface area contributed by atoms with Crippen LogP contribution in [0.1, 0.15) is 54.5 Å². The molecule has 3 unspecified atom stereocenters. The zero-order valence-electron chi connectivity index (χ0n) is 13.0. The Morgan fingerprint density at radius 2 is 2.27 bits per heavy atom. The van der Waals surface area contributed by atoms with Gasteiger partial charge in [-0.05, 0) is 50.9 Å². The standard InChI is InChI=1S/C16H25N3O2S/c1-10-8-17-15(22-10)14(12-5-6-12)19-16(21)18-9-11-3-2-4-13(20)7-11/h8,11-14,20H,2-7,9H2,1H3,(H2,18,19,21). The van der Waals surface area contributed by atoms with E-state index in [0.29, 0.717) is 18.4 Å². The van der Waals surface area contributed by atoms with Crippen molar-refractivity contribution in [1.29, 1.82) is 0 Å². The molecular formula is C16H25N3O2S. The molecule has 1 heterocycles. The Morgan fingerprint density at radius 1 is 1.45 bits per heavy atom. The van der Waals surface area contributed by atoms with Crippen LogP contribution in [0.2, 0.25) is 0 Å². The Hall–Kier alpha value is -1.14. The van der Waals surface area contributed by atoms with E-state index in [1.54, 1.807) is 11.3 Å². The molecule has 122 valence electrons. The summed E-state index contributed by atoms with van der Waals surface area (Å²) in [7, 11) is 0. The summed E-state index contributed by atoms with van der Waals surface area (Å²) in [6, 6.07) is -0.0551. The van der Waals surface area contributed by atoms with Crippen molar-refractivity contribution in [2.24, 2.45) is 11.8 Å². The minimum Gasteiger partial charge on any atom is -0.393 e. The first-order chi connectivity index (χ1) is 10.6. The number of urea groups is 1. The fourth-order valence-electron chi connectivity index (χ4n) is 3.20. The second kappa shape index (κ2) is 6.96. The smallest absolute Gasteiger partial charge is 0.315 e. The molecule has 0 spiro atoms. The Morgan fingerprint density at radius 3 is 2.91 bits per heavy atom. The maximum atomic E-state index is 12.2. The molecule has 2 amide bonds. The first kappa shape index (κ1) is 15.7. The summed E-state index contributed by atoms with van der Waals surface area (Å²) < 4.78 is 0. The number of aromatic nitrogens is 1. The number of carbonyl (C=O) groups excluding carboxylic acids is 1. The highest BCUT2D eigenvalue weighted by Gasteiger charge is 2.35. The van der Waals surface area contributed by atoms with Gasteiger partial charge >= 0.3 is 6.03 Å². The van der Waals surface area contributed by atoms with Crippen molar-refractivity contribution in [2.75, 3.05) is 6.54 Å². The quantitative estimate of drug-likeness (QED) is 0.780. The van der Waals surface area contributed by atoms with E-state index < -0.39 is 0 Å². The van der Waals surface area contributed by atoms with Gasteiger partial charge in [0.05, 0.1) is 12.1 Å². The minimum absolute atomic E-state index is 0.0515. The van der Waals surface area contributed by atoms with E-state index in [4.69, 9.17) is 0 Å². The Kier molecular flexibility index (Phi) is 4.98. The van der Waals surface area contributed by atoms with Crippen LogP contribution in [-0.4, -0.2) is 28.8 Å². The van der Waals surface area contributed by atoms with Crippen LogP contribution in [0.3, 0.4) is 0 Å². The number of hydrogen-bond acceptors (Lipinski definition) is 4. The highest BCUT2D eigenvalue weighted by atomic mass is 32.1. The molecule has 3 atom stereocenters. The molecule has 1 aromatic rings. The lowest BCUT2D eigenvalue weighted by Crippen LogP contribution is -2.41. The molecule has 5 nitrogen and oxygen atoms in total. The average molecular weight is 323 g/mol. The number of aliphatic hydroxyl groups is 1. The fraction of sp³-hybridized carbons (Fsp3) is 0.750. The van der Waals surface area contributed by atoms with Gasteiger partial charge in [0, 0.05) is 17.6 Å². The van der Waals surface area contributed by atoms with E-state index in [-0.39, 0.29) is 18.2 Å². The van der Waals surface area contributed by atoms with Crippen LogP contribution in [-0.2, 0) is 0 Å². The van der Waals surface area contributed by atoms with Crippen molar-refractivity contribution in [2.45, 2.75) is 57.6 Å². The first-order valence-corrected chi connectivity index (χ1v) is 9.08. The number of nitrogens with zero attached hydrogens (tertiary/aromatic N) is 1. The highest BCUT2D eigenvalue weighted by molar-refractivity contribution is 7.11. The highest BCUT2D eigenvalue weighted by Crippen LogP contribution is 2.42. The van der Waals surface area contributed by atoms with Gasteiger partial charge in [0.15, 0.2) is 0 Å². The molecule has 22 heavy (non-hydrogen) atoms. The van der Waals surface area contributed by atoms with Gasteiger partial charge in [-0.15, -0.1) is 11.3 Å². The van der Waals surface area contributed by atoms with Crippen LogP contribution in [0.4, 0.5) is 4.79 Å². The molecule has 0 aliphatic heterocycles. The molecular weight excluding hydrogens is 298 g/mol.